The van der Waals surface area contributed by atoms with Crippen LogP contribution >= 0.6 is 11.6 Å². The Morgan fingerprint density at radius 2 is 2.44 bits per heavy atom. The molecule has 1 N–H and O–H groups in total. The third-order valence-electron chi connectivity index (χ3n) is 1.24. The zero-order valence-electron chi connectivity index (χ0n) is 5.23. The molecule has 50 valence electrons. The predicted molar refractivity (Wildman–Crippen MR) is 39.8 cm³/mol. The standard InChI is InChI=1S/C7H10ClN/c8-5-1-3-7-4-2-6-9-7/h2,4,6,9H,1,3,5H2. The summed E-state index contributed by atoms with van der Waals surface area (Å²) in [5.74, 6) is 0.749. The lowest BCUT2D eigenvalue weighted by Gasteiger charge is -1.90. The number of hydrogen-bond donors (Lipinski definition) is 1. The van der Waals surface area contributed by atoms with Crippen molar-refractivity contribution in [2.45, 2.75) is 12.8 Å². The summed E-state index contributed by atoms with van der Waals surface area (Å²) in [5.41, 5.74) is 1.27. The third-order valence-corrected chi connectivity index (χ3v) is 1.51. The topological polar surface area (TPSA) is 15.8 Å². The summed E-state index contributed by atoms with van der Waals surface area (Å²) >= 11 is 5.50. The molecule has 1 aromatic rings. The van der Waals surface area contributed by atoms with Gasteiger partial charge in [-0.2, -0.15) is 0 Å². The number of nitrogens with one attached hydrogen (secondary N) is 1. The van der Waals surface area contributed by atoms with Crippen LogP contribution in [0.4, 0.5) is 0 Å². The summed E-state index contributed by atoms with van der Waals surface area (Å²) in [4.78, 5) is 3.11. The van der Waals surface area contributed by atoms with E-state index in [0.29, 0.717) is 0 Å². The molecule has 0 saturated carbocycles. The van der Waals surface area contributed by atoms with E-state index in [1.54, 1.807) is 0 Å². The Balaban J connectivity index is 2.30. The first-order valence-electron chi connectivity index (χ1n) is 3.11. The van der Waals surface area contributed by atoms with Crippen molar-refractivity contribution in [2.24, 2.45) is 0 Å². The second-order valence-corrected chi connectivity index (χ2v) is 2.37. The van der Waals surface area contributed by atoms with Crippen LogP contribution in [0, 0.1) is 0 Å². The first kappa shape index (κ1) is 6.69. The molecule has 1 nitrogen and oxygen atoms in total. The van der Waals surface area contributed by atoms with Gasteiger partial charge in [0.1, 0.15) is 0 Å². The Morgan fingerprint density at radius 3 is 3.00 bits per heavy atom. The highest BCUT2D eigenvalue weighted by Crippen LogP contribution is 1.99. The van der Waals surface area contributed by atoms with Gasteiger partial charge in [-0.25, -0.2) is 0 Å². The van der Waals surface area contributed by atoms with Gasteiger partial charge in [0.05, 0.1) is 0 Å². The van der Waals surface area contributed by atoms with Crippen molar-refractivity contribution in [3.63, 3.8) is 0 Å². The maximum Gasteiger partial charge on any atom is 0.0227 e. The molecule has 0 aromatic carbocycles. The van der Waals surface area contributed by atoms with Crippen molar-refractivity contribution >= 4 is 11.6 Å². The fourth-order valence-electron chi connectivity index (χ4n) is 0.780. The lowest BCUT2D eigenvalue weighted by molar-refractivity contribution is 0.898. The number of aromatic amines is 1. The highest BCUT2D eigenvalue weighted by atomic mass is 35.5. The molecule has 0 bridgehead atoms. The van der Waals surface area contributed by atoms with Gasteiger partial charge in [0.15, 0.2) is 0 Å². The highest BCUT2D eigenvalue weighted by molar-refractivity contribution is 6.17. The Morgan fingerprint density at radius 1 is 1.56 bits per heavy atom. The van der Waals surface area contributed by atoms with Crippen LogP contribution in [0.1, 0.15) is 12.1 Å². The van der Waals surface area contributed by atoms with Crippen molar-refractivity contribution in [1.29, 1.82) is 0 Å². The van der Waals surface area contributed by atoms with Crippen LogP contribution in [0.2, 0.25) is 0 Å². The number of H-pyrrole nitrogens is 1. The Bertz CT molecular complexity index is 146. The van der Waals surface area contributed by atoms with Crippen LogP contribution < -0.4 is 0 Å². The van der Waals surface area contributed by atoms with Crippen molar-refractivity contribution in [3.8, 4) is 0 Å². The number of aromatic nitrogens is 1. The Kier molecular flexibility index (Phi) is 2.65. The summed E-state index contributed by atoms with van der Waals surface area (Å²) in [6.07, 6.45) is 4.06. The van der Waals surface area contributed by atoms with Crippen molar-refractivity contribution in [2.75, 3.05) is 5.88 Å². The van der Waals surface area contributed by atoms with Gasteiger partial charge in [-0.15, -0.1) is 11.6 Å². The molecule has 0 aliphatic carbocycles. The van der Waals surface area contributed by atoms with Gasteiger partial charge in [0.25, 0.3) is 0 Å². The molecule has 9 heavy (non-hydrogen) atoms. The second kappa shape index (κ2) is 3.57. The van der Waals surface area contributed by atoms with E-state index < -0.39 is 0 Å². The molecule has 0 radical (unpaired) electrons. The fourth-order valence-corrected chi connectivity index (χ4v) is 0.914. The van der Waals surface area contributed by atoms with Gasteiger partial charge >= 0.3 is 0 Å². The average molecular weight is 144 g/mol. The van der Waals surface area contributed by atoms with Crippen molar-refractivity contribution < 1.29 is 0 Å². The molecule has 1 rings (SSSR count). The van der Waals surface area contributed by atoms with Crippen LogP contribution in [0.15, 0.2) is 18.3 Å². The monoisotopic (exact) mass is 143 g/mol. The predicted octanol–water partition coefficient (Wildman–Crippen LogP) is 2.19. The summed E-state index contributed by atoms with van der Waals surface area (Å²) in [6.45, 7) is 0. The summed E-state index contributed by atoms with van der Waals surface area (Å²) < 4.78 is 0. The van der Waals surface area contributed by atoms with Crippen LogP contribution in [0.5, 0.6) is 0 Å². The zero-order valence-corrected chi connectivity index (χ0v) is 5.99. The largest absolute Gasteiger partial charge is 0.365 e. The Hall–Kier alpha value is -0.430. The van der Waals surface area contributed by atoms with Crippen LogP contribution in [-0.4, -0.2) is 10.9 Å². The van der Waals surface area contributed by atoms with E-state index in [1.165, 1.54) is 5.69 Å². The van der Waals surface area contributed by atoms with Crippen LogP contribution in [0.25, 0.3) is 0 Å². The van der Waals surface area contributed by atoms with Gasteiger partial charge in [0, 0.05) is 17.8 Å². The number of halogens is 1. The molecule has 1 heterocycles. The lowest BCUT2D eigenvalue weighted by atomic mass is 10.3. The van der Waals surface area contributed by atoms with E-state index >= 15 is 0 Å². The molecule has 0 fully saturated rings. The smallest absolute Gasteiger partial charge is 0.0227 e. The molecule has 2 heteroatoms. The Labute approximate surface area is 60.0 Å². The van der Waals surface area contributed by atoms with Gasteiger partial charge in [-0.1, -0.05) is 0 Å². The number of aryl methyl sites for hydroxylation is 1. The molecule has 0 unspecified atom stereocenters. The first-order valence-corrected chi connectivity index (χ1v) is 3.65. The van der Waals surface area contributed by atoms with E-state index in [9.17, 15) is 0 Å². The molecular formula is C7H10ClN. The number of hydrogen-bond acceptors (Lipinski definition) is 0. The third kappa shape index (κ3) is 2.10. The molecule has 0 aliphatic rings. The van der Waals surface area contributed by atoms with E-state index in [4.69, 9.17) is 11.6 Å². The minimum atomic E-state index is 0.749. The van der Waals surface area contributed by atoms with Crippen LogP contribution in [-0.2, 0) is 6.42 Å². The van der Waals surface area contributed by atoms with Gasteiger partial charge in [-0.3, -0.25) is 0 Å². The fraction of sp³-hybridized carbons (Fsp3) is 0.429. The maximum absolute atomic E-state index is 5.50. The second-order valence-electron chi connectivity index (χ2n) is 1.99. The maximum atomic E-state index is 5.50. The molecule has 1 aromatic heterocycles. The van der Waals surface area contributed by atoms with E-state index in [1.807, 2.05) is 12.3 Å². The minimum Gasteiger partial charge on any atom is -0.365 e. The minimum absolute atomic E-state index is 0.749. The van der Waals surface area contributed by atoms with E-state index in [2.05, 4.69) is 11.1 Å². The van der Waals surface area contributed by atoms with E-state index in [-0.39, 0.29) is 0 Å². The normalized spacial score (nSPS) is 9.89. The van der Waals surface area contributed by atoms with Gasteiger partial charge in [0.2, 0.25) is 0 Å². The quantitative estimate of drug-likeness (QED) is 0.625. The van der Waals surface area contributed by atoms with Crippen molar-refractivity contribution in [3.05, 3.63) is 24.0 Å². The summed E-state index contributed by atoms with van der Waals surface area (Å²) in [5, 5.41) is 0. The van der Waals surface area contributed by atoms with Crippen LogP contribution in [0.3, 0.4) is 0 Å². The van der Waals surface area contributed by atoms with Crippen molar-refractivity contribution in [1.82, 2.24) is 4.98 Å². The molecule has 0 atom stereocenters. The molecular weight excluding hydrogens is 134 g/mol. The molecule has 0 amide bonds. The molecule has 0 saturated heterocycles. The number of alkyl halides is 1. The average Bonchev–Trinajstić information content (AvgIpc) is 2.34. The summed E-state index contributed by atoms with van der Waals surface area (Å²) in [6, 6.07) is 4.08. The molecule has 0 spiro atoms. The first-order chi connectivity index (χ1) is 4.43. The van der Waals surface area contributed by atoms with Gasteiger partial charge < -0.3 is 4.98 Å². The van der Waals surface area contributed by atoms with E-state index in [0.717, 1.165) is 18.7 Å². The lowest BCUT2D eigenvalue weighted by Crippen LogP contribution is -1.84. The number of rotatable bonds is 3. The zero-order chi connectivity index (χ0) is 6.53. The van der Waals surface area contributed by atoms with Gasteiger partial charge in [-0.05, 0) is 25.0 Å². The molecule has 0 aliphatic heterocycles. The summed E-state index contributed by atoms with van der Waals surface area (Å²) in [7, 11) is 0. The highest BCUT2D eigenvalue weighted by Gasteiger charge is 1.89. The SMILES string of the molecule is ClCCCc1ccc[nH]1.